The van der Waals surface area contributed by atoms with Crippen LogP contribution >= 0.6 is 11.9 Å². The van der Waals surface area contributed by atoms with Gasteiger partial charge >= 0.3 is 0 Å². The molecule has 14 heavy (non-hydrogen) atoms. The monoisotopic (exact) mass is 210 g/mol. The van der Waals surface area contributed by atoms with Gasteiger partial charge in [0.15, 0.2) is 5.75 Å². The van der Waals surface area contributed by atoms with Crippen LogP contribution in [0.15, 0.2) is 23.1 Å². The molecule has 0 amide bonds. The van der Waals surface area contributed by atoms with Crippen LogP contribution in [0.5, 0.6) is 5.75 Å². The number of benzene rings is 1. The molecule has 1 saturated heterocycles. The topological polar surface area (TPSA) is 49.5 Å². The number of anilines is 1. The Morgan fingerprint density at radius 3 is 2.71 bits per heavy atom. The van der Waals surface area contributed by atoms with E-state index in [2.05, 4.69) is 4.31 Å². The van der Waals surface area contributed by atoms with E-state index in [1.165, 1.54) is 12.8 Å². The number of hydrogen-bond donors (Lipinski definition) is 2. The van der Waals surface area contributed by atoms with Crippen LogP contribution in [0.4, 0.5) is 5.69 Å². The molecule has 1 aromatic carbocycles. The van der Waals surface area contributed by atoms with E-state index in [1.807, 2.05) is 12.1 Å². The standard InChI is InChI=1S/C10H14N2OS/c11-8-4-3-5-9(10(8)13)14-12-6-1-2-7-12/h3-5,13H,1-2,6-7,11H2. The molecule has 0 saturated carbocycles. The van der Waals surface area contributed by atoms with E-state index in [-0.39, 0.29) is 5.75 Å². The molecule has 0 aromatic heterocycles. The van der Waals surface area contributed by atoms with Gasteiger partial charge in [0, 0.05) is 13.1 Å². The predicted molar refractivity (Wildman–Crippen MR) is 59.2 cm³/mol. The number of nitrogens with zero attached hydrogens (tertiary/aromatic N) is 1. The summed E-state index contributed by atoms with van der Waals surface area (Å²) in [4.78, 5) is 0.854. The van der Waals surface area contributed by atoms with Crippen LogP contribution in [0, 0.1) is 0 Å². The molecule has 1 aliphatic rings. The molecular weight excluding hydrogens is 196 g/mol. The summed E-state index contributed by atoms with van der Waals surface area (Å²) in [6.07, 6.45) is 2.49. The van der Waals surface area contributed by atoms with Gasteiger partial charge in [-0.15, -0.1) is 0 Å². The van der Waals surface area contributed by atoms with Gasteiger partial charge in [-0.05, 0) is 36.9 Å². The van der Waals surface area contributed by atoms with Crippen LogP contribution in [-0.2, 0) is 0 Å². The van der Waals surface area contributed by atoms with E-state index in [4.69, 9.17) is 5.73 Å². The summed E-state index contributed by atoms with van der Waals surface area (Å²) in [6.45, 7) is 2.19. The van der Waals surface area contributed by atoms with E-state index in [0.29, 0.717) is 5.69 Å². The average molecular weight is 210 g/mol. The van der Waals surface area contributed by atoms with Gasteiger partial charge < -0.3 is 10.8 Å². The van der Waals surface area contributed by atoms with Crippen LogP contribution in [0.3, 0.4) is 0 Å². The third-order valence-electron chi connectivity index (χ3n) is 2.32. The Kier molecular flexibility index (Phi) is 2.84. The highest BCUT2D eigenvalue weighted by Gasteiger charge is 2.15. The molecular formula is C10H14N2OS. The van der Waals surface area contributed by atoms with Gasteiger partial charge in [0.1, 0.15) is 0 Å². The zero-order valence-electron chi connectivity index (χ0n) is 7.94. The Morgan fingerprint density at radius 2 is 2.00 bits per heavy atom. The maximum Gasteiger partial charge on any atom is 0.153 e. The minimum absolute atomic E-state index is 0.212. The number of phenolic OH excluding ortho intramolecular Hbond substituents is 1. The molecule has 1 heterocycles. The molecule has 0 aliphatic carbocycles. The number of hydrogen-bond acceptors (Lipinski definition) is 4. The molecule has 0 radical (unpaired) electrons. The Labute approximate surface area is 88.0 Å². The van der Waals surface area contributed by atoms with Gasteiger partial charge in [0.25, 0.3) is 0 Å². The summed E-state index contributed by atoms with van der Waals surface area (Å²) < 4.78 is 2.26. The molecule has 0 bridgehead atoms. The molecule has 3 N–H and O–H groups in total. The third kappa shape index (κ3) is 1.96. The van der Waals surface area contributed by atoms with Gasteiger partial charge in [-0.3, -0.25) is 0 Å². The van der Waals surface area contributed by atoms with Crippen molar-refractivity contribution in [3.8, 4) is 5.75 Å². The lowest BCUT2D eigenvalue weighted by atomic mass is 10.3. The van der Waals surface area contributed by atoms with E-state index in [1.54, 1.807) is 18.0 Å². The first kappa shape index (κ1) is 9.68. The van der Waals surface area contributed by atoms with Crippen LogP contribution in [-0.4, -0.2) is 22.5 Å². The average Bonchev–Trinajstić information content (AvgIpc) is 2.66. The van der Waals surface area contributed by atoms with Crippen molar-refractivity contribution in [2.75, 3.05) is 18.8 Å². The largest absolute Gasteiger partial charge is 0.505 e. The van der Waals surface area contributed by atoms with Crippen molar-refractivity contribution < 1.29 is 5.11 Å². The number of rotatable bonds is 2. The zero-order valence-corrected chi connectivity index (χ0v) is 8.76. The lowest BCUT2D eigenvalue weighted by Crippen LogP contribution is -2.08. The molecule has 0 spiro atoms. The molecule has 1 fully saturated rings. The van der Waals surface area contributed by atoms with Crippen LogP contribution in [0.25, 0.3) is 0 Å². The molecule has 4 heteroatoms. The fourth-order valence-corrected chi connectivity index (χ4v) is 2.59. The summed E-state index contributed by atoms with van der Waals surface area (Å²) in [5, 5.41) is 9.69. The number of nitrogens with two attached hydrogens (primary N) is 1. The number of phenols is 1. The summed E-state index contributed by atoms with van der Waals surface area (Å²) in [6, 6.07) is 5.48. The second-order valence-corrected chi connectivity index (χ2v) is 4.56. The molecule has 3 nitrogen and oxygen atoms in total. The highest BCUT2D eigenvalue weighted by atomic mass is 32.2. The Morgan fingerprint density at radius 1 is 1.29 bits per heavy atom. The van der Waals surface area contributed by atoms with E-state index < -0.39 is 0 Å². The highest BCUT2D eigenvalue weighted by Crippen LogP contribution is 2.36. The molecule has 0 unspecified atom stereocenters. The summed E-state index contributed by atoms with van der Waals surface area (Å²) in [5.41, 5.74) is 6.07. The minimum atomic E-state index is 0.212. The lowest BCUT2D eigenvalue weighted by molar-refractivity contribution is 0.463. The SMILES string of the molecule is Nc1cccc(SN2CCCC2)c1O. The van der Waals surface area contributed by atoms with Crippen molar-refractivity contribution in [2.24, 2.45) is 0 Å². The summed E-state index contributed by atoms with van der Waals surface area (Å²) in [7, 11) is 0. The maximum atomic E-state index is 9.69. The number of aromatic hydroxyl groups is 1. The first-order valence-electron chi connectivity index (χ1n) is 4.78. The van der Waals surface area contributed by atoms with Gasteiger partial charge in [-0.2, -0.15) is 0 Å². The predicted octanol–water partition coefficient (Wildman–Crippen LogP) is 2.08. The van der Waals surface area contributed by atoms with Crippen molar-refractivity contribution in [1.82, 2.24) is 4.31 Å². The quantitative estimate of drug-likeness (QED) is 0.446. The van der Waals surface area contributed by atoms with Crippen molar-refractivity contribution >= 4 is 17.6 Å². The Balaban J connectivity index is 2.11. The molecule has 1 aliphatic heterocycles. The van der Waals surface area contributed by atoms with Gasteiger partial charge in [0.2, 0.25) is 0 Å². The van der Waals surface area contributed by atoms with Crippen LogP contribution < -0.4 is 5.73 Å². The van der Waals surface area contributed by atoms with Crippen molar-refractivity contribution in [3.63, 3.8) is 0 Å². The molecule has 76 valence electrons. The maximum absolute atomic E-state index is 9.69. The number of nitrogen functional groups attached to an aromatic ring is 1. The van der Waals surface area contributed by atoms with Crippen LogP contribution in [0.2, 0.25) is 0 Å². The van der Waals surface area contributed by atoms with E-state index in [9.17, 15) is 5.11 Å². The fourth-order valence-electron chi connectivity index (χ4n) is 1.53. The van der Waals surface area contributed by atoms with Crippen molar-refractivity contribution in [2.45, 2.75) is 17.7 Å². The molecule has 0 atom stereocenters. The first-order valence-corrected chi connectivity index (χ1v) is 5.55. The highest BCUT2D eigenvalue weighted by molar-refractivity contribution is 7.97. The second kappa shape index (κ2) is 4.11. The minimum Gasteiger partial charge on any atom is -0.505 e. The van der Waals surface area contributed by atoms with Gasteiger partial charge in [0.05, 0.1) is 10.6 Å². The first-order chi connectivity index (χ1) is 6.77. The lowest BCUT2D eigenvalue weighted by Gasteiger charge is -2.14. The second-order valence-electron chi connectivity index (χ2n) is 3.42. The Bertz CT molecular complexity index is 324. The van der Waals surface area contributed by atoms with E-state index >= 15 is 0 Å². The Hall–Kier alpha value is -0.870. The van der Waals surface area contributed by atoms with Gasteiger partial charge in [-0.25, -0.2) is 4.31 Å². The molecule has 2 rings (SSSR count). The smallest absolute Gasteiger partial charge is 0.153 e. The van der Waals surface area contributed by atoms with Crippen molar-refractivity contribution in [1.29, 1.82) is 0 Å². The zero-order chi connectivity index (χ0) is 9.97. The third-order valence-corrected chi connectivity index (χ3v) is 3.47. The van der Waals surface area contributed by atoms with E-state index in [0.717, 1.165) is 18.0 Å². The van der Waals surface area contributed by atoms with Crippen LogP contribution in [0.1, 0.15) is 12.8 Å². The van der Waals surface area contributed by atoms with Crippen molar-refractivity contribution in [3.05, 3.63) is 18.2 Å². The summed E-state index contributed by atoms with van der Waals surface area (Å²) in [5.74, 6) is 0.212. The van der Waals surface area contributed by atoms with Gasteiger partial charge in [-0.1, -0.05) is 6.07 Å². The normalized spacial score (nSPS) is 17.4. The number of para-hydroxylation sites is 1. The fraction of sp³-hybridized carbons (Fsp3) is 0.400. The molecule has 1 aromatic rings. The summed E-state index contributed by atoms with van der Waals surface area (Å²) >= 11 is 1.60.